The molecule has 2 heterocycles. The van der Waals surface area contributed by atoms with Gasteiger partial charge in [0.15, 0.2) is 0 Å². The predicted octanol–water partition coefficient (Wildman–Crippen LogP) is 2.10. The fourth-order valence-corrected chi connectivity index (χ4v) is 1.84. The molecule has 0 aromatic carbocycles. The van der Waals surface area contributed by atoms with Crippen LogP contribution in [0.25, 0.3) is 0 Å². The number of aromatic nitrogens is 2. The average molecular weight is 179 g/mol. The summed E-state index contributed by atoms with van der Waals surface area (Å²) in [6, 6.07) is 0. The minimum atomic E-state index is 1.06. The van der Waals surface area contributed by atoms with Gasteiger partial charge in [0.2, 0.25) is 5.95 Å². The summed E-state index contributed by atoms with van der Waals surface area (Å²) in [5.74, 6) is 1.06. The van der Waals surface area contributed by atoms with Crippen LogP contribution in [0.5, 0.6) is 0 Å². The topological polar surface area (TPSA) is 31.9 Å². The van der Waals surface area contributed by atoms with Crippen LogP contribution in [0.4, 0.5) is 5.95 Å². The summed E-state index contributed by atoms with van der Waals surface area (Å²) in [4.78, 5) is 10.0. The van der Waals surface area contributed by atoms with Crippen molar-refractivity contribution in [3.05, 3.63) is 11.9 Å². The molecule has 1 aromatic rings. The lowest BCUT2D eigenvalue weighted by molar-refractivity contribution is 0.726. The predicted molar refractivity (Wildman–Crippen MR) is 54.0 cm³/mol. The molecule has 3 heteroatoms. The molecular formula is C10H17N3. The number of H-pyrrole nitrogens is 1. The van der Waals surface area contributed by atoms with Crippen LogP contribution in [0.2, 0.25) is 0 Å². The van der Waals surface area contributed by atoms with Crippen molar-refractivity contribution in [3.63, 3.8) is 0 Å². The monoisotopic (exact) mass is 179 g/mol. The fraction of sp³-hybridized carbons (Fsp3) is 0.700. The molecule has 0 amide bonds. The summed E-state index contributed by atoms with van der Waals surface area (Å²) in [6.45, 7) is 4.37. The second-order valence-corrected chi connectivity index (χ2v) is 3.79. The van der Waals surface area contributed by atoms with Crippen LogP contribution >= 0.6 is 0 Å². The quantitative estimate of drug-likeness (QED) is 0.716. The van der Waals surface area contributed by atoms with E-state index in [0.29, 0.717) is 0 Å². The summed E-state index contributed by atoms with van der Waals surface area (Å²) in [5, 5.41) is 0. The number of nitrogens with one attached hydrogen (secondary N) is 1. The maximum absolute atomic E-state index is 4.35. The molecular weight excluding hydrogens is 162 g/mol. The van der Waals surface area contributed by atoms with Gasteiger partial charge in [-0.3, -0.25) is 0 Å². The van der Waals surface area contributed by atoms with Gasteiger partial charge in [-0.2, -0.15) is 0 Å². The van der Waals surface area contributed by atoms with Gasteiger partial charge in [0.1, 0.15) is 0 Å². The lowest BCUT2D eigenvalue weighted by Crippen LogP contribution is -2.24. The SMILES string of the molecule is Cc1cnc(N2CCCCCC2)[nH]1. The van der Waals surface area contributed by atoms with Crippen molar-refractivity contribution < 1.29 is 0 Å². The molecule has 0 radical (unpaired) electrons. The number of hydrogen-bond acceptors (Lipinski definition) is 2. The molecule has 3 nitrogen and oxygen atoms in total. The van der Waals surface area contributed by atoms with E-state index in [1.165, 1.54) is 25.7 Å². The molecule has 1 fully saturated rings. The Morgan fingerprint density at radius 3 is 2.46 bits per heavy atom. The van der Waals surface area contributed by atoms with Gasteiger partial charge in [0, 0.05) is 25.0 Å². The Morgan fingerprint density at radius 1 is 1.23 bits per heavy atom. The van der Waals surface area contributed by atoms with Crippen LogP contribution in [-0.4, -0.2) is 23.1 Å². The first-order valence-electron chi connectivity index (χ1n) is 5.13. The van der Waals surface area contributed by atoms with E-state index in [1.54, 1.807) is 0 Å². The first-order chi connectivity index (χ1) is 6.36. The molecule has 1 aromatic heterocycles. The lowest BCUT2D eigenvalue weighted by atomic mass is 10.2. The minimum absolute atomic E-state index is 1.06. The zero-order valence-electron chi connectivity index (χ0n) is 8.21. The fourth-order valence-electron chi connectivity index (χ4n) is 1.84. The van der Waals surface area contributed by atoms with Gasteiger partial charge in [0.25, 0.3) is 0 Å². The second kappa shape index (κ2) is 3.81. The van der Waals surface area contributed by atoms with Crippen molar-refractivity contribution in [2.75, 3.05) is 18.0 Å². The highest BCUT2D eigenvalue weighted by molar-refractivity contribution is 5.30. The molecule has 0 spiro atoms. The van der Waals surface area contributed by atoms with E-state index in [0.717, 1.165) is 24.7 Å². The molecule has 1 aliphatic rings. The molecule has 72 valence electrons. The number of nitrogens with zero attached hydrogens (tertiary/aromatic N) is 2. The number of aryl methyl sites for hydroxylation is 1. The van der Waals surface area contributed by atoms with Crippen LogP contribution in [0.1, 0.15) is 31.4 Å². The summed E-state index contributed by atoms with van der Waals surface area (Å²) in [5.41, 5.74) is 1.15. The van der Waals surface area contributed by atoms with E-state index in [4.69, 9.17) is 0 Å². The van der Waals surface area contributed by atoms with Crippen LogP contribution in [0.15, 0.2) is 6.20 Å². The molecule has 0 aliphatic carbocycles. The smallest absolute Gasteiger partial charge is 0.202 e. The molecule has 0 atom stereocenters. The van der Waals surface area contributed by atoms with E-state index in [1.807, 2.05) is 13.1 Å². The van der Waals surface area contributed by atoms with Crippen molar-refractivity contribution in [1.82, 2.24) is 9.97 Å². The van der Waals surface area contributed by atoms with E-state index in [-0.39, 0.29) is 0 Å². The number of hydrogen-bond donors (Lipinski definition) is 1. The van der Waals surface area contributed by atoms with Crippen LogP contribution in [-0.2, 0) is 0 Å². The summed E-state index contributed by atoms with van der Waals surface area (Å²) in [7, 11) is 0. The molecule has 2 rings (SSSR count). The largest absolute Gasteiger partial charge is 0.342 e. The van der Waals surface area contributed by atoms with E-state index < -0.39 is 0 Å². The summed E-state index contributed by atoms with van der Waals surface area (Å²) in [6.07, 6.45) is 7.26. The third-order valence-corrected chi connectivity index (χ3v) is 2.60. The van der Waals surface area contributed by atoms with Crippen molar-refractivity contribution in [3.8, 4) is 0 Å². The number of aromatic amines is 1. The Labute approximate surface area is 79.2 Å². The third-order valence-electron chi connectivity index (χ3n) is 2.60. The van der Waals surface area contributed by atoms with Crippen LogP contribution in [0.3, 0.4) is 0 Å². The van der Waals surface area contributed by atoms with Crippen LogP contribution in [0, 0.1) is 6.92 Å². The Kier molecular flexibility index (Phi) is 2.52. The molecule has 13 heavy (non-hydrogen) atoms. The van der Waals surface area contributed by atoms with Gasteiger partial charge < -0.3 is 9.88 Å². The highest BCUT2D eigenvalue weighted by Gasteiger charge is 2.11. The Hall–Kier alpha value is -0.990. The van der Waals surface area contributed by atoms with Crippen molar-refractivity contribution in [2.45, 2.75) is 32.6 Å². The molecule has 0 unspecified atom stereocenters. The highest BCUT2D eigenvalue weighted by atomic mass is 15.3. The maximum atomic E-state index is 4.35. The summed E-state index contributed by atoms with van der Waals surface area (Å²) < 4.78 is 0. The zero-order chi connectivity index (χ0) is 9.10. The average Bonchev–Trinajstić information content (AvgIpc) is 2.43. The number of imidazole rings is 1. The van der Waals surface area contributed by atoms with Crippen molar-refractivity contribution in [1.29, 1.82) is 0 Å². The van der Waals surface area contributed by atoms with Crippen molar-refractivity contribution in [2.24, 2.45) is 0 Å². The lowest BCUT2D eigenvalue weighted by Gasteiger charge is -2.18. The Morgan fingerprint density at radius 2 is 1.92 bits per heavy atom. The standard InChI is InChI=1S/C10H17N3/c1-9-8-11-10(12-9)13-6-4-2-3-5-7-13/h8H,2-7H2,1H3,(H,11,12). The Bertz CT molecular complexity index is 259. The van der Waals surface area contributed by atoms with Gasteiger partial charge in [-0.05, 0) is 19.8 Å². The van der Waals surface area contributed by atoms with Crippen LogP contribution < -0.4 is 4.90 Å². The zero-order valence-corrected chi connectivity index (χ0v) is 8.21. The molecule has 0 saturated carbocycles. The minimum Gasteiger partial charge on any atom is -0.342 e. The van der Waals surface area contributed by atoms with Gasteiger partial charge in [-0.15, -0.1) is 0 Å². The molecule has 1 aliphatic heterocycles. The first kappa shape index (κ1) is 8.60. The second-order valence-electron chi connectivity index (χ2n) is 3.79. The Balaban J connectivity index is 2.06. The first-order valence-corrected chi connectivity index (χ1v) is 5.13. The maximum Gasteiger partial charge on any atom is 0.202 e. The molecule has 1 saturated heterocycles. The number of anilines is 1. The van der Waals surface area contributed by atoms with Gasteiger partial charge in [0.05, 0.1) is 0 Å². The van der Waals surface area contributed by atoms with E-state index in [9.17, 15) is 0 Å². The third kappa shape index (κ3) is 2.02. The summed E-state index contributed by atoms with van der Waals surface area (Å²) >= 11 is 0. The highest BCUT2D eigenvalue weighted by Crippen LogP contribution is 2.15. The van der Waals surface area contributed by atoms with Gasteiger partial charge >= 0.3 is 0 Å². The molecule has 0 bridgehead atoms. The van der Waals surface area contributed by atoms with E-state index >= 15 is 0 Å². The van der Waals surface area contributed by atoms with E-state index in [2.05, 4.69) is 14.9 Å². The number of rotatable bonds is 1. The van der Waals surface area contributed by atoms with Crippen molar-refractivity contribution >= 4 is 5.95 Å². The van der Waals surface area contributed by atoms with Gasteiger partial charge in [-0.1, -0.05) is 12.8 Å². The van der Waals surface area contributed by atoms with Gasteiger partial charge in [-0.25, -0.2) is 4.98 Å². The molecule has 1 N–H and O–H groups in total. The normalized spacial score (nSPS) is 18.7.